The summed E-state index contributed by atoms with van der Waals surface area (Å²) in [7, 11) is 0. The van der Waals surface area contributed by atoms with Crippen LogP contribution in [0.5, 0.6) is 0 Å². The molecule has 1 saturated carbocycles. The Kier molecular flexibility index (Phi) is 5.75. The molecule has 3 atom stereocenters. The van der Waals surface area contributed by atoms with Gasteiger partial charge in [0.25, 0.3) is 0 Å². The van der Waals surface area contributed by atoms with Gasteiger partial charge in [-0.25, -0.2) is 0 Å². The van der Waals surface area contributed by atoms with Crippen molar-refractivity contribution in [1.29, 1.82) is 0 Å². The van der Waals surface area contributed by atoms with Crippen molar-refractivity contribution in [3.8, 4) is 0 Å². The Morgan fingerprint density at radius 2 is 1.88 bits per heavy atom. The van der Waals surface area contributed by atoms with Gasteiger partial charge in [-0.3, -0.25) is 0 Å². The minimum atomic E-state index is 0.742. The van der Waals surface area contributed by atoms with Crippen molar-refractivity contribution in [2.24, 2.45) is 11.7 Å². The number of rotatable bonds is 5. The van der Waals surface area contributed by atoms with Crippen molar-refractivity contribution in [2.45, 2.75) is 63.5 Å². The first-order chi connectivity index (χ1) is 8.42. The van der Waals surface area contributed by atoms with E-state index in [0.717, 1.165) is 37.5 Å². The lowest BCUT2D eigenvalue weighted by atomic mass is 9.77. The van der Waals surface area contributed by atoms with Crippen LogP contribution in [-0.4, -0.2) is 31.7 Å². The fourth-order valence-electron chi connectivity index (χ4n) is 3.53. The third kappa shape index (κ3) is 3.94. The Morgan fingerprint density at radius 3 is 2.65 bits per heavy atom. The van der Waals surface area contributed by atoms with Crippen molar-refractivity contribution >= 4 is 0 Å². The zero-order valence-electron chi connectivity index (χ0n) is 11.1. The van der Waals surface area contributed by atoms with Crippen LogP contribution < -0.4 is 16.4 Å². The summed E-state index contributed by atoms with van der Waals surface area (Å²) in [6.45, 7) is 3.15. The van der Waals surface area contributed by atoms with E-state index < -0.39 is 0 Å². The van der Waals surface area contributed by atoms with Crippen LogP contribution >= 0.6 is 0 Å². The van der Waals surface area contributed by atoms with Gasteiger partial charge in [-0.15, -0.1) is 0 Å². The molecule has 0 aromatic heterocycles. The lowest BCUT2D eigenvalue weighted by Gasteiger charge is -2.40. The minimum absolute atomic E-state index is 0.742. The van der Waals surface area contributed by atoms with Gasteiger partial charge in [0.2, 0.25) is 0 Å². The highest BCUT2D eigenvalue weighted by Gasteiger charge is 2.31. The first kappa shape index (κ1) is 13.3. The fourth-order valence-corrected chi connectivity index (χ4v) is 3.53. The summed E-state index contributed by atoms with van der Waals surface area (Å²) in [5, 5.41) is 7.49. The molecule has 1 aliphatic carbocycles. The van der Waals surface area contributed by atoms with Crippen molar-refractivity contribution in [2.75, 3.05) is 19.6 Å². The first-order valence-corrected chi connectivity index (χ1v) is 7.58. The van der Waals surface area contributed by atoms with Crippen molar-refractivity contribution in [3.63, 3.8) is 0 Å². The van der Waals surface area contributed by atoms with E-state index in [4.69, 9.17) is 5.73 Å². The van der Waals surface area contributed by atoms with E-state index in [1.54, 1.807) is 0 Å². The van der Waals surface area contributed by atoms with Gasteiger partial charge >= 0.3 is 0 Å². The second-order valence-corrected chi connectivity index (χ2v) is 5.71. The van der Waals surface area contributed by atoms with Gasteiger partial charge in [0, 0.05) is 12.1 Å². The lowest BCUT2D eigenvalue weighted by Crippen LogP contribution is -2.50. The SMILES string of the molecule is NCCCNC1CCCCC1C1CCCCN1. The molecule has 4 N–H and O–H groups in total. The maximum atomic E-state index is 5.57. The fraction of sp³-hybridized carbons (Fsp3) is 1.00. The Morgan fingerprint density at radius 1 is 1.06 bits per heavy atom. The van der Waals surface area contributed by atoms with E-state index in [-0.39, 0.29) is 0 Å². The molecule has 3 nitrogen and oxygen atoms in total. The molecular formula is C14H29N3. The first-order valence-electron chi connectivity index (χ1n) is 7.58. The zero-order chi connectivity index (χ0) is 11.9. The maximum absolute atomic E-state index is 5.57. The highest BCUT2D eigenvalue weighted by Crippen LogP contribution is 2.30. The molecule has 1 saturated heterocycles. The van der Waals surface area contributed by atoms with Gasteiger partial charge in [0.1, 0.15) is 0 Å². The van der Waals surface area contributed by atoms with E-state index in [0.29, 0.717) is 0 Å². The number of hydrogen-bond donors (Lipinski definition) is 3. The summed E-state index contributed by atoms with van der Waals surface area (Å²) in [4.78, 5) is 0. The molecule has 2 aliphatic rings. The molecule has 2 rings (SSSR count). The molecule has 1 heterocycles. The molecule has 3 heteroatoms. The third-order valence-electron chi connectivity index (χ3n) is 4.47. The summed E-state index contributed by atoms with van der Waals surface area (Å²) in [5.41, 5.74) is 5.57. The third-order valence-corrected chi connectivity index (χ3v) is 4.47. The molecule has 0 radical (unpaired) electrons. The summed E-state index contributed by atoms with van der Waals surface area (Å²) in [6, 6.07) is 1.52. The molecule has 3 unspecified atom stereocenters. The molecule has 0 spiro atoms. The Hall–Kier alpha value is -0.120. The molecule has 1 aliphatic heterocycles. The zero-order valence-corrected chi connectivity index (χ0v) is 11.1. The van der Waals surface area contributed by atoms with Gasteiger partial charge in [-0.05, 0) is 57.7 Å². The predicted molar refractivity (Wildman–Crippen MR) is 73.1 cm³/mol. The molecule has 2 fully saturated rings. The van der Waals surface area contributed by atoms with Gasteiger partial charge in [0.15, 0.2) is 0 Å². The lowest BCUT2D eigenvalue weighted by molar-refractivity contribution is 0.182. The van der Waals surface area contributed by atoms with E-state index in [1.165, 1.54) is 51.5 Å². The van der Waals surface area contributed by atoms with Gasteiger partial charge in [0.05, 0.1) is 0 Å². The molecule has 0 aromatic carbocycles. The van der Waals surface area contributed by atoms with E-state index in [1.807, 2.05) is 0 Å². The van der Waals surface area contributed by atoms with Crippen LogP contribution in [0.15, 0.2) is 0 Å². The summed E-state index contributed by atoms with van der Waals surface area (Å²) >= 11 is 0. The van der Waals surface area contributed by atoms with E-state index in [2.05, 4.69) is 10.6 Å². The monoisotopic (exact) mass is 239 g/mol. The van der Waals surface area contributed by atoms with E-state index >= 15 is 0 Å². The highest BCUT2D eigenvalue weighted by molar-refractivity contribution is 4.90. The Labute approximate surface area is 106 Å². The normalized spacial score (nSPS) is 34.8. The smallest absolute Gasteiger partial charge is 0.0110 e. The van der Waals surface area contributed by atoms with Gasteiger partial charge < -0.3 is 16.4 Å². The summed E-state index contributed by atoms with van der Waals surface area (Å²) in [5.74, 6) is 0.863. The highest BCUT2D eigenvalue weighted by atomic mass is 15.0. The second-order valence-electron chi connectivity index (χ2n) is 5.71. The molecule has 100 valence electrons. The standard InChI is InChI=1S/C14H29N3/c15-9-5-11-17-13-7-2-1-6-12(13)14-8-3-4-10-16-14/h12-14,16-17H,1-11,15H2. The summed E-state index contributed by atoms with van der Waals surface area (Å²) in [6.07, 6.45) is 10.9. The predicted octanol–water partition coefficient (Wildman–Crippen LogP) is 1.63. The minimum Gasteiger partial charge on any atom is -0.330 e. The summed E-state index contributed by atoms with van der Waals surface area (Å²) < 4.78 is 0. The molecule has 0 amide bonds. The van der Waals surface area contributed by atoms with E-state index in [9.17, 15) is 0 Å². The quantitative estimate of drug-likeness (QED) is 0.639. The van der Waals surface area contributed by atoms with Crippen molar-refractivity contribution in [3.05, 3.63) is 0 Å². The number of nitrogens with one attached hydrogen (secondary N) is 2. The second kappa shape index (κ2) is 7.34. The molecule has 17 heavy (non-hydrogen) atoms. The average molecular weight is 239 g/mol. The van der Waals surface area contributed by atoms with Gasteiger partial charge in [-0.2, -0.15) is 0 Å². The van der Waals surface area contributed by atoms with Gasteiger partial charge in [-0.1, -0.05) is 19.3 Å². The van der Waals surface area contributed by atoms with Crippen LogP contribution in [0.3, 0.4) is 0 Å². The maximum Gasteiger partial charge on any atom is 0.0110 e. The van der Waals surface area contributed by atoms with Crippen LogP contribution in [0.4, 0.5) is 0 Å². The molecular weight excluding hydrogens is 210 g/mol. The Bertz CT molecular complexity index is 202. The van der Waals surface area contributed by atoms with Crippen LogP contribution in [0.25, 0.3) is 0 Å². The van der Waals surface area contributed by atoms with Crippen LogP contribution in [0.2, 0.25) is 0 Å². The van der Waals surface area contributed by atoms with Crippen LogP contribution in [0.1, 0.15) is 51.4 Å². The van der Waals surface area contributed by atoms with Crippen LogP contribution in [-0.2, 0) is 0 Å². The number of piperidine rings is 1. The number of nitrogens with two attached hydrogens (primary N) is 1. The van der Waals surface area contributed by atoms with Crippen molar-refractivity contribution < 1.29 is 0 Å². The average Bonchev–Trinajstić information content (AvgIpc) is 2.41. The molecule has 0 aromatic rings. The van der Waals surface area contributed by atoms with Crippen molar-refractivity contribution in [1.82, 2.24) is 10.6 Å². The topological polar surface area (TPSA) is 50.1 Å². The van der Waals surface area contributed by atoms with Crippen LogP contribution in [0, 0.1) is 5.92 Å². The largest absolute Gasteiger partial charge is 0.330 e. The molecule has 0 bridgehead atoms. The Balaban J connectivity index is 1.82. The number of hydrogen-bond acceptors (Lipinski definition) is 3.